The van der Waals surface area contributed by atoms with Gasteiger partial charge in [-0.3, -0.25) is 4.90 Å². The summed E-state index contributed by atoms with van der Waals surface area (Å²) in [5.41, 5.74) is 2.05. The van der Waals surface area contributed by atoms with E-state index in [0.29, 0.717) is 25.3 Å². The Morgan fingerprint density at radius 1 is 0.871 bits per heavy atom. The molecule has 0 saturated heterocycles. The molecule has 31 heavy (non-hydrogen) atoms. The summed E-state index contributed by atoms with van der Waals surface area (Å²) in [5, 5.41) is 30.2. The van der Waals surface area contributed by atoms with E-state index >= 15 is 0 Å². The molecule has 0 amide bonds. The van der Waals surface area contributed by atoms with Crippen LogP contribution in [-0.4, -0.2) is 52.1 Å². The highest BCUT2D eigenvalue weighted by Crippen LogP contribution is 2.17. The highest BCUT2D eigenvalue weighted by molar-refractivity contribution is 5.26. The van der Waals surface area contributed by atoms with Crippen LogP contribution in [0.5, 0.6) is 11.5 Å². The molecule has 0 aliphatic heterocycles. The van der Waals surface area contributed by atoms with Crippen molar-refractivity contribution in [1.29, 1.82) is 0 Å². The summed E-state index contributed by atoms with van der Waals surface area (Å²) < 4.78 is 18.6. The van der Waals surface area contributed by atoms with Gasteiger partial charge in [-0.25, -0.2) is 4.39 Å². The number of ether oxygens (including phenoxy) is 1. The molecule has 0 bridgehead atoms. The monoisotopic (exact) mass is 425 g/mol. The topological polar surface area (TPSA) is 73.2 Å². The van der Waals surface area contributed by atoms with Gasteiger partial charge in [0.2, 0.25) is 0 Å². The van der Waals surface area contributed by atoms with Gasteiger partial charge in [-0.1, -0.05) is 42.5 Å². The smallest absolute Gasteiger partial charge is 0.123 e. The van der Waals surface area contributed by atoms with E-state index in [0.717, 1.165) is 11.1 Å². The van der Waals surface area contributed by atoms with Gasteiger partial charge in [0.1, 0.15) is 30.0 Å². The van der Waals surface area contributed by atoms with Gasteiger partial charge in [0.05, 0.1) is 6.61 Å². The zero-order chi connectivity index (χ0) is 22.1. The number of hydrogen-bond acceptors (Lipinski definition) is 5. The maximum Gasteiger partial charge on any atom is 0.123 e. The van der Waals surface area contributed by atoms with Crippen molar-refractivity contribution in [1.82, 2.24) is 4.90 Å². The quantitative estimate of drug-likeness (QED) is 0.439. The van der Waals surface area contributed by atoms with Crippen LogP contribution in [0, 0.1) is 5.82 Å². The molecule has 0 aliphatic carbocycles. The van der Waals surface area contributed by atoms with Crippen molar-refractivity contribution < 1.29 is 24.4 Å². The SMILES string of the molecule is OC[C@H](Cc1ccc(O)cc1)N(Cc1ccccc1)C[C@H](O)COc1ccc(F)cc1. The summed E-state index contributed by atoms with van der Waals surface area (Å²) in [5.74, 6) is 0.332. The lowest BCUT2D eigenvalue weighted by Gasteiger charge is -2.32. The minimum Gasteiger partial charge on any atom is -0.508 e. The molecule has 0 radical (unpaired) electrons. The molecule has 3 N–H and O–H groups in total. The summed E-state index contributed by atoms with van der Waals surface area (Å²) in [6.45, 7) is 0.810. The minimum atomic E-state index is -0.803. The Hall–Kier alpha value is -2.93. The van der Waals surface area contributed by atoms with E-state index in [2.05, 4.69) is 0 Å². The predicted molar refractivity (Wildman–Crippen MR) is 117 cm³/mol. The molecule has 0 aliphatic rings. The maximum atomic E-state index is 13.0. The Kier molecular flexibility index (Phi) is 8.41. The van der Waals surface area contributed by atoms with Crippen LogP contribution in [0.2, 0.25) is 0 Å². The second-order valence-corrected chi connectivity index (χ2v) is 7.54. The average molecular weight is 426 g/mol. The Balaban J connectivity index is 1.67. The third kappa shape index (κ3) is 7.36. The first kappa shape index (κ1) is 22.7. The highest BCUT2D eigenvalue weighted by atomic mass is 19.1. The fourth-order valence-corrected chi connectivity index (χ4v) is 3.42. The van der Waals surface area contributed by atoms with Crippen molar-refractivity contribution in [3.8, 4) is 11.5 Å². The molecule has 3 aromatic carbocycles. The molecule has 0 heterocycles. The summed E-state index contributed by atoms with van der Waals surface area (Å²) in [4.78, 5) is 2.03. The van der Waals surface area contributed by atoms with E-state index in [-0.39, 0.29) is 30.8 Å². The van der Waals surface area contributed by atoms with Gasteiger partial charge in [-0.05, 0) is 53.9 Å². The molecule has 0 aromatic heterocycles. The Labute approximate surface area is 182 Å². The van der Waals surface area contributed by atoms with E-state index in [1.54, 1.807) is 12.1 Å². The third-order valence-electron chi connectivity index (χ3n) is 5.06. The second-order valence-electron chi connectivity index (χ2n) is 7.54. The maximum absolute atomic E-state index is 13.0. The number of hydrogen-bond donors (Lipinski definition) is 3. The first-order valence-corrected chi connectivity index (χ1v) is 10.3. The molecular weight excluding hydrogens is 397 g/mol. The highest BCUT2D eigenvalue weighted by Gasteiger charge is 2.22. The number of halogens is 1. The van der Waals surface area contributed by atoms with Gasteiger partial charge in [-0.2, -0.15) is 0 Å². The Morgan fingerprint density at radius 3 is 2.19 bits per heavy atom. The molecule has 0 fully saturated rings. The Morgan fingerprint density at radius 2 is 1.55 bits per heavy atom. The number of nitrogens with zero attached hydrogens (tertiary/aromatic N) is 1. The van der Waals surface area contributed by atoms with Gasteiger partial charge in [0, 0.05) is 19.1 Å². The first-order chi connectivity index (χ1) is 15.0. The van der Waals surface area contributed by atoms with Gasteiger partial charge in [-0.15, -0.1) is 0 Å². The van der Waals surface area contributed by atoms with Gasteiger partial charge in [0.15, 0.2) is 0 Å². The average Bonchev–Trinajstić information content (AvgIpc) is 2.78. The molecule has 164 valence electrons. The molecule has 0 saturated carbocycles. The number of aliphatic hydroxyl groups excluding tert-OH is 2. The van der Waals surface area contributed by atoms with E-state index in [1.165, 1.54) is 24.3 Å². The van der Waals surface area contributed by atoms with Crippen LogP contribution in [-0.2, 0) is 13.0 Å². The number of phenols is 1. The summed E-state index contributed by atoms with van der Waals surface area (Å²) >= 11 is 0. The van der Waals surface area contributed by atoms with Gasteiger partial charge in [0.25, 0.3) is 0 Å². The molecule has 0 unspecified atom stereocenters. The van der Waals surface area contributed by atoms with E-state index < -0.39 is 6.10 Å². The van der Waals surface area contributed by atoms with Crippen LogP contribution in [0.3, 0.4) is 0 Å². The zero-order valence-corrected chi connectivity index (χ0v) is 17.3. The molecule has 3 rings (SSSR count). The fraction of sp³-hybridized carbons (Fsp3) is 0.280. The summed E-state index contributed by atoms with van der Waals surface area (Å²) in [6.07, 6.45) is -0.238. The van der Waals surface area contributed by atoms with Crippen molar-refractivity contribution in [3.63, 3.8) is 0 Å². The van der Waals surface area contributed by atoms with Crippen LogP contribution in [0.4, 0.5) is 4.39 Å². The van der Waals surface area contributed by atoms with Crippen molar-refractivity contribution in [3.05, 3.63) is 95.8 Å². The van der Waals surface area contributed by atoms with Crippen molar-refractivity contribution in [2.45, 2.75) is 25.1 Å². The summed E-state index contributed by atoms with van der Waals surface area (Å²) in [6, 6.07) is 22.2. The van der Waals surface area contributed by atoms with E-state index in [9.17, 15) is 19.7 Å². The van der Waals surface area contributed by atoms with Crippen LogP contribution in [0.25, 0.3) is 0 Å². The Bertz CT molecular complexity index is 903. The second kappa shape index (κ2) is 11.5. The number of benzene rings is 3. The van der Waals surface area contributed by atoms with Crippen molar-refractivity contribution in [2.24, 2.45) is 0 Å². The van der Waals surface area contributed by atoms with Crippen molar-refractivity contribution in [2.75, 3.05) is 19.8 Å². The van der Waals surface area contributed by atoms with Crippen molar-refractivity contribution >= 4 is 0 Å². The largest absolute Gasteiger partial charge is 0.508 e. The standard InChI is InChI=1S/C25H28FNO4/c26-21-8-12-25(13-9-21)31-18-24(30)16-27(15-20-4-2-1-3-5-20)22(17-28)14-19-6-10-23(29)11-7-19/h1-13,22,24,28-30H,14-18H2/t22-,24-/m0/s1. The molecular formula is C25H28FNO4. The molecule has 0 spiro atoms. The molecule has 6 heteroatoms. The minimum absolute atomic E-state index is 0.0499. The predicted octanol–water partition coefficient (Wildman–Crippen LogP) is 3.38. The van der Waals surface area contributed by atoms with E-state index in [1.807, 2.05) is 47.4 Å². The third-order valence-corrected chi connectivity index (χ3v) is 5.06. The first-order valence-electron chi connectivity index (χ1n) is 10.3. The van der Waals surface area contributed by atoms with Crippen LogP contribution in [0.1, 0.15) is 11.1 Å². The van der Waals surface area contributed by atoms with Crippen LogP contribution >= 0.6 is 0 Å². The summed E-state index contributed by atoms with van der Waals surface area (Å²) in [7, 11) is 0. The van der Waals surface area contributed by atoms with Crippen LogP contribution in [0.15, 0.2) is 78.9 Å². The lowest BCUT2D eigenvalue weighted by atomic mass is 10.0. The van der Waals surface area contributed by atoms with Crippen LogP contribution < -0.4 is 4.74 Å². The van der Waals surface area contributed by atoms with Gasteiger partial charge < -0.3 is 20.1 Å². The van der Waals surface area contributed by atoms with E-state index in [4.69, 9.17) is 4.74 Å². The lowest BCUT2D eigenvalue weighted by molar-refractivity contribution is 0.0335. The number of phenolic OH excluding ortho intramolecular Hbond substituents is 1. The normalized spacial score (nSPS) is 13.2. The number of aromatic hydroxyl groups is 1. The lowest BCUT2D eigenvalue weighted by Crippen LogP contribution is -2.44. The fourth-order valence-electron chi connectivity index (χ4n) is 3.42. The van der Waals surface area contributed by atoms with Gasteiger partial charge >= 0.3 is 0 Å². The molecule has 2 atom stereocenters. The zero-order valence-electron chi connectivity index (χ0n) is 17.3. The molecule has 5 nitrogen and oxygen atoms in total. The number of rotatable bonds is 11. The molecule has 3 aromatic rings. The number of aliphatic hydroxyl groups is 2.